The third-order valence-corrected chi connectivity index (χ3v) is 2.97. The molecule has 7 nitrogen and oxygen atoms in total. The average Bonchev–Trinajstić information content (AvgIpc) is 2.43. The van der Waals surface area contributed by atoms with Crippen LogP contribution in [0.25, 0.3) is 0 Å². The summed E-state index contributed by atoms with van der Waals surface area (Å²) in [5.74, 6) is -0.171. The normalized spacial score (nSPS) is 10.4. The van der Waals surface area contributed by atoms with Gasteiger partial charge in [0.15, 0.2) is 12.4 Å². The summed E-state index contributed by atoms with van der Waals surface area (Å²) < 4.78 is 5.26. The van der Waals surface area contributed by atoms with Crippen molar-refractivity contribution >= 4 is 11.6 Å². The molecule has 0 saturated heterocycles. The second-order valence-corrected chi connectivity index (χ2v) is 4.65. The molecule has 0 heterocycles. The highest BCUT2D eigenvalue weighted by molar-refractivity contribution is 5.77. The van der Waals surface area contributed by atoms with Crippen LogP contribution in [-0.4, -0.2) is 35.4 Å². The largest absolute Gasteiger partial charge is 0.477 e. The van der Waals surface area contributed by atoms with Gasteiger partial charge in [-0.3, -0.25) is 14.9 Å². The van der Waals surface area contributed by atoms with Gasteiger partial charge in [0.05, 0.1) is 4.92 Å². The molecule has 1 aromatic carbocycles. The third kappa shape index (κ3) is 3.92. The van der Waals surface area contributed by atoms with Gasteiger partial charge in [-0.25, -0.2) is 0 Å². The first-order valence-electron chi connectivity index (χ1n) is 6.22. The summed E-state index contributed by atoms with van der Waals surface area (Å²) in [5.41, 5.74) is 5.89. The van der Waals surface area contributed by atoms with Crippen molar-refractivity contribution in [2.45, 2.75) is 26.4 Å². The van der Waals surface area contributed by atoms with Gasteiger partial charge in [-0.15, -0.1) is 0 Å². The van der Waals surface area contributed by atoms with E-state index in [9.17, 15) is 14.9 Å². The highest BCUT2D eigenvalue weighted by Gasteiger charge is 2.18. The molecule has 0 aliphatic heterocycles. The van der Waals surface area contributed by atoms with Crippen LogP contribution in [0.1, 0.15) is 19.4 Å². The van der Waals surface area contributed by atoms with Crippen molar-refractivity contribution in [2.24, 2.45) is 5.73 Å². The zero-order valence-electron chi connectivity index (χ0n) is 11.8. The third-order valence-electron chi connectivity index (χ3n) is 2.97. The lowest BCUT2D eigenvalue weighted by molar-refractivity contribution is -0.385. The Bertz CT molecular complexity index is 502. The zero-order chi connectivity index (χ0) is 15.3. The van der Waals surface area contributed by atoms with Gasteiger partial charge < -0.3 is 15.4 Å². The van der Waals surface area contributed by atoms with Crippen molar-refractivity contribution in [3.8, 4) is 5.75 Å². The molecule has 0 atom stereocenters. The van der Waals surface area contributed by atoms with Crippen LogP contribution in [0.3, 0.4) is 0 Å². The number of amides is 1. The van der Waals surface area contributed by atoms with Crippen molar-refractivity contribution in [1.29, 1.82) is 0 Å². The monoisotopic (exact) mass is 281 g/mol. The first-order valence-corrected chi connectivity index (χ1v) is 6.22. The molecule has 20 heavy (non-hydrogen) atoms. The Kier molecular flexibility index (Phi) is 5.45. The predicted molar refractivity (Wildman–Crippen MR) is 74.4 cm³/mol. The molecule has 0 aliphatic carbocycles. The minimum absolute atomic E-state index is 0.0423. The smallest absolute Gasteiger partial charge is 0.311 e. The number of carbonyl (C=O) groups is 1. The molecule has 0 aromatic heterocycles. The maximum atomic E-state index is 11.8. The summed E-state index contributed by atoms with van der Waals surface area (Å²) in [7, 11) is 1.66. The number of benzene rings is 1. The van der Waals surface area contributed by atoms with Crippen molar-refractivity contribution in [3.05, 3.63) is 33.9 Å². The number of likely N-dealkylation sites (N-methyl/N-ethyl adjacent to an activating group) is 1. The van der Waals surface area contributed by atoms with E-state index >= 15 is 0 Å². The lowest BCUT2D eigenvalue weighted by Gasteiger charge is -2.21. The second kappa shape index (κ2) is 6.85. The fourth-order valence-electron chi connectivity index (χ4n) is 1.48. The van der Waals surface area contributed by atoms with Gasteiger partial charge in [0.2, 0.25) is 0 Å². The van der Waals surface area contributed by atoms with Crippen molar-refractivity contribution < 1.29 is 14.5 Å². The van der Waals surface area contributed by atoms with Crippen LogP contribution in [-0.2, 0) is 11.3 Å². The zero-order valence-corrected chi connectivity index (χ0v) is 11.8. The van der Waals surface area contributed by atoms with Gasteiger partial charge in [0.1, 0.15) is 0 Å². The quantitative estimate of drug-likeness (QED) is 0.626. The van der Waals surface area contributed by atoms with Crippen LogP contribution in [0.15, 0.2) is 18.2 Å². The number of hydrogen-bond acceptors (Lipinski definition) is 5. The molecule has 0 saturated carbocycles. The summed E-state index contributed by atoms with van der Waals surface area (Å²) in [6, 6.07) is 4.49. The summed E-state index contributed by atoms with van der Waals surface area (Å²) in [4.78, 5) is 23.7. The number of nitro groups is 1. The van der Waals surface area contributed by atoms with Gasteiger partial charge in [0.25, 0.3) is 5.91 Å². The van der Waals surface area contributed by atoms with Crippen LogP contribution in [0, 0.1) is 10.1 Å². The molecule has 1 rings (SSSR count). The summed E-state index contributed by atoms with van der Waals surface area (Å²) in [5, 5.41) is 11.0. The van der Waals surface area contributed by atoms with Gasteiger partial charge in [-0.2, -0.15) is 0 Å². The molecular formula is C13H19N3O4. The second-order valence-electron chi connectivity index (χ2n) is 4.65. The Hall–Kier alpha value is -2.15. The number of ether oxygens (including phenoxy) is 1. The van der Waals surface area contributed by atoms with Gasteiger partial charge in [-0.1, -0.05) is 6.07 Å². The Morgan fingerprint density at radius 2 is 2.15 bits per heavy atom. The summed E-state index contributed by atoms with van der Waals surface area (Å²) in [6.45, 7) is 3.71. The van der Waals surface area contributed by atoms with E-state index < -0.39 is 4.92 Å². The topological polar surface area (TPSA) is 98.7 Å². The van der Waals surface area contributed by atoms with E-state index in [1.54, 1.807) is 13.1 Å². The van der Waals surface area contributed by atoms with E-state index in [2.05, 4.69) is 0 Å². The van der Waals surface area contributed by atoms with Gasteiger partial charge in [-0.05, 0) is 25.5 Å². The molecular weight excluding hydrogens is 262 g/mol. The van der Waals surface area contributed by atoms with Crippen LogP contribution < -0.4 is 10.5 Å². The Labute approximate surface area is 117 Å². The minimum Gasteiger partial charge on any atom is -0.477 e. The maximum Gasteiger partial charge on any atom is 0.311 e. The lowest BCUT2D eigenvalue weighted by atomic mass is 10.2. The van der Waals surface area contributed by atoms with E-state index in [1.807, 2.05) is 13.8 Å². The fourth-order valence-corrected chi connectivity index (χ4v) is 1.48. The van der Waals surface area contributed by atoms with Gasteiger partial charge in [0, 0.05) is 25.7 Å². The molecule has 0 radical (unpaired) electrons. The first kappa shape index (κ1) is 15.9. The molecule has 7 heteroatoms. The molecule has 0 spiro atoms. The number of rotatable bonds is 6. The molecule has 2 N–H and O–H groups in total. The van der Waals surface area contributed by atoms with E-state index in [1.165, 1.54) is 17.0 Å². The van der Waals surface area contributed by atoms with Crippen LogP contribution in [0.2, 0.25) is 0 Å². The number of hydrogen-bond donors (Lipinski definition) is 1. The molecule has 0 aliphatic rings. The number of nitrogens with two attached hydrogens (primary N) is 1. The Morgan fingerprint density at radius 1 is 1.50 bits per heavy atom. The molecule has 110 valence electrons. The SMILES string of the molecule is CC(C)N(C)C(=O)COc1ccc(CN)cc1[N+](=O)[O-]. The van der Waals surface area contributed by atoms with E-state index in [0.29, 0.717) is 5.56 Å². The minimum atomic E-state index is -0.550. The number of nitro benzene ring substituents is 1. The van der Waals surface area contributed by atoms with Crippen LogP contribution >= 0.6 is 0 Å². The highest BCUT2D eigenvalue weighted by Crippen LogP contribution is 2.27. The molecule has 1 amide bonds. The number of carbonyl (C=O) groups excluding carboxylic acids is 1. The fraction of sp³-hybridized carbons (Fsp3) is 0.462. The van der Waals surface area contributed by atoms with Crippen molar-refractivity contribution in [2.75, 3.05) is 13.7 Å². The lowest BCUT2D eigenvalue weighted by Crippen LogP contribution is -2.36. The maximum absolute atomic E-state index is 11.8. The summed E-state index contributed by atoms with van der Waals surface area (Å²) in [6.07, 6.45) is 0. The molecule has 0 fully saturated rings. The standard InChI is InChI=1S/C13H19N3O4/c1-9(2)15(3)13(17)8-20-12-5-4-10(7-14)6-11(12)16(18)19/h4-6,9H,7-8,14H2,1-3H3. The van der Waals surface area contributed by atoms with E-state index in [4.69, 9.17) is 10.5 Å². The highest BCUT2D eigenvalue weighted by atomic mass is 16.6. The number of nitrogens with zero attached hydrogens (tertiary/aromatic N) is 2. The Balaban J connectivity index is 2.82. The van der Waals surface area contributed by atoms with Crippen molar-refractivity contribution in [3.63, 3.8) is 0 Å². The van der Waals surface area contributed by atoms with E-state index in [-0.39, 0.29) is 36.5 Å². The van der Waals surface area contributed by atoms with E-state index in [0.717, 1.165) is 0 Å². The Morgan fingerprint density at radius 3 is 2.65 bits per heavy atom. The van der Waals surface area contributed by atoms with Crippen LogP contribution in [0.5, 0.6) is 5.75 Å². The molecule has 0 bridgehead atoms. The summed E-state index contributed by atoms with van der Waals surface area (Å²) >= 11 is 0. The average molecular weight is 281 g/mol. The molecule has 0 unspecified atom stereocenters. The predicted octanol–water partition coefficient (Wildman–Crippen LogP) is 1.30. The first-order chi connectivity index (χ1) is 9.36. The van der Waals surface area contributed by atoms with Crippen LogP contribution in [0.4, 0.5) is 5.69 Å². The van der Waals surface area contributed by atoms with Gasteiger partial charge >= 0.3 is 5.69 Å². The molecule has 1 aromatic rings. The van der Waals surface area contributed by atoms with Crippen molar-refractivity contribution in [1.82, 2.24) is 4.90 Å².